The van der Waals surface area contributed by atoms with Crippen molar-refractivity contribution in [1.29, 1.82) is 0 Å². The Kier molecular flexibility index (Phi) is 4.82. The Morgan fingerprint density at radius 1 is 1.19 bits per heavy atom. The third-order valence-electron chi connectivity index (χ3n) is 3.38. The van der Waals surface area contributed by atoms with Crippen LogP contribution in [-0.2, 0) is 17.8 Å². The van der Waals surface area contributed by atoms with Crippen molar-refractivity contribution >= 4 is 11.6 Å². The molecule has 0 saturated heterocycles. The van der Waals surface area contributed by atoms with Crippen LogP contribution in [0.2, 0.25) is 0 Å². The minimum absolute atomic E-state index is 0.312. The van der Waals surface area contributed by atoms with Crippen molar-refractivity contribution in [2.24, 2.45) is 5.73 Å². The Bertz CT molecular complexity index is 638. The van der Waals surface area contributed by atoms with Gasteiger partial charge in [-0.05, 0) is 42.2 Å². The molecule has 21 heavy (non-hydrogen) atoms. The second-order valence-electron chi connectivity index (χ2n) is 5.05. The molecule has 0 unspecified atom stereocenters. The summed E-state index contributed by atoms with van der Waals surface area (Å²) in [6.07, 6.45) is 0.917. The van der Waals surface area contributed by atoms with Gasteiger partial charge in [0.2, 0.25) is 5.91 Å². The van der Waals surface area contributed by atoms with E-state index in [-0.39, 0.29) is 5.91 Å². The van der Waals surface area contributed by atoms with Gasteiger partial charge in [0.05, 0.1) is 5.69 Å². The molecule has 2 aromatic rings. The Morgan fingerprint density at radius 3 is 2.62 bits per heavy atom. The van der Waals surface area contributed by atoms with E-state index in [1.54, 1.807) is 0 Å². The monoisotopic (exact) mass is 284 g/mol. The van der Waals surface area contributed by atoms with Gasteiger partial charge in [0.15, 0.2) is 0 Å². The van der Waals surface area contributed by atoms with Crippen molar-refractivity contribution in [2.75, 3.05) is 5.73 Å². The maximum atomic E-state index is 10.8. The molecule has 0 heterocycles. The number of nitrogens with two attached hydrogens (primary N) is 2. The number of aryl methyl sites for hydroxylation is 2. The molecule has 0 fully saturated rings. The molecule has 4 nitrogen and oxygen atoms in total. The molecule has 0 atom stereocenters. The van der Waals surface area contributed by atoms with E-state index in [0.29, 0.717) is 30.9 Å². The highest BCUT2D eigenvalue weighted by atomic mass is 16.5. The van der Waals surface area contributed by atoms with Crippen molar-refractivity contribution in [2.45, 2.75) is 26.4 Å². The maximum absolute atomic E-state index is 10.8. The summed E-state index contributed by atoms with van der Waals surface area (Å²) in [4.78, 5) is 10.8. The first-order chi connectivity index (χ1) is 10.1. The number of primary amides is 1. The van der Waals surface area contributed by atoms with Gasteiger partial charge >= 0.3 is 0 Å². The largest absolute Gasteiger partial charge is 0.487 e. The second-order valence-corrected chi connectivity index (χ2v) is 5.05. The van der Waals surface area contributed by atoms with Crippen LogP contribution in [0.3, 0.4) is 0 Å². The maximum Gasteiger partial charge on any atom is 0.217 e. The Morgan fingerprint density at radius 2 is 1.95 bits per heavy atom. The predicted octanol–water partition coefficient (Wildman–Crippen LogP) is 2.57. The molecule has 0 radical (unpaired) electrons. The zero-order valence-electron chi connectivity index (χ0n) is 12.1. The lowest BCUT2D eigenvalue weighted by molar-refractivity contribution is -0.117. The fraction of sp³-hybridized carbons (Fsp3) is 0.235. The van der Waals surface area contributed by atoms with E-state index in [0.717, 1.165) is 11.1 Å². The molecular formula is C17H20N2O2. The predicted molar refractivity (Wildman–Crippen MR) is 83.9 cm³/mol. The number of ether oxygens (including phenoxy) is 1. The molecule has 0 spiro atoms. The summed E-state index contributed by atoms with van der Waals surface area (Å²) < 4.78 is 5.77. The number of hydrogen-bond donors (Lipinski definition) is 2. The van der Waals surface area contributed by atoms with Crippen LogP contribution in [0.4, 0.5) is 5.69 Å². The summed E-state index contributed by atoms with van der Waals surface area (Å²) in [5.74, 6) is 0.342. The van der Waals surface area contributed by atoms with E-state index in [2.05, 4.69) is 13.0 Å². The van der Waals surface area contributed by atoms with Gasteiger partial charge in [-0.25, -0.2) is 0 Å². The van der Waals surface area contributed by atoms with Gasteiger partial charge in [-0.15, -0.1) is 0 Å². The van der Waals surface area contributed by atoms with Crippen LogP contribution >= 0.6 is 0 Å². The van der Waals surface area contributed by atoms with Crippen molar-refractivity contribution in [3.63, 3.8) is 0 Å². The minimum Gasteiger partial charge on any atom is -0.487 e. The molecule has 4 heteroatoms. The highest BCUT2D eigenvalue weighted by Gasteiger charge is 2.05. The minimum atomic E-state index is -0.312. The average Bonchev–Trinajstić information content (AvgIpc) is 2.45. The summed E-state index contributed by atoms with van der Waals surface area (Å²) in [7, 11) is 0. The van der Waals surface area contributed by atoms with Crippen LogP contribution in [0.5, 0.6) is 5.75 Å². The Hall–Kier alpha value is -2.49. The Balaban J connectivity index is 2.01. The lowest BCUT2D eigenvalue weighted by atomic mass is 10.1. The Labute approximate surface area is 124 Å². The molecule has 0 aliphatic heterocycles. The first-order valence-electron chi connectivity index (χ1n) is 6.90. The molecule has 0 bridgehead atoms. The topological polar surface area (TPSA) is 78.3 Å². The summed E-state index contributed by atoms with van der Waals surface area (Å²) in [5, 5.41) is 0. The van der Waals surface area contributed by atoms with E-state index in [4.69, 9.17) is 16.2 Å². The number of nitrogen functional groups attached to an aromatic ring is 1. The summed E-state index contributed by atoms with van der Waals surface area (Å²) in [6, 6.07) is 13.6. The van der Waals surface area contributed by atoms with Gasteiger partial charge in [-0.3, -0.25) is 4.79 Å². The van der Waals surface area contributed by atoms with Crippen molar-refractivity contribution in [1.82, 2.24) is 0 Å². The van der Waals surface area contributed by atoms with Crippen LogP contribution in [0.25, 0.3) is 0 Å². The van der Waals surface area contributed by atoms with Crippen LogP contribution < -0.4 is 16.2 Å². The molecule has 4 N–H and O–H groups in total. The van der Waals surface area contributed by atoms with Gasteiger partial charge < -0.3 is 16.2 Å². The van der Waals surface area contributed by atoms with Gasteiger partial charge in [0.25, 0.3) is 0 Å². The van der Waals surface area contributed by atoms with Crippen LogP contribution in [0.15, 0.2) is 42.5 Å². The van der Waals surface area contributed by atoms with Crippen molar-refractivity contribution in [3.8, 4) is 5.75 Å². The lowest BCUT2D eigenvalue weighted by Crippen LogP contribution is -2.11. The molecule has 1 amide bonds. The number of benzene rings is 2. The fourth-order valence-corrected chi connectivity index (χ4v) is 2.08. The summed E-state index contributed by atoms with van der Waals surface area (Å²) in [6.45, 7) is 2.53. The molecule has 2 rings (SSSR count). The number of hydrogen-bond acceptors (Lipinski definition) is 3. The van der Waals surface area contributed by atoms with Crippen molar-refractivity contribution < 1.29 is 9.53 Å². The number of amides is 1. The van der Waals surface area contributed by atoms with E-state index >= 15 is 0 Å². The average molecular weight is 284 g/mol. The van der Waals surface area contributed by atoms with Gasteiger partial charge in [0, 0.05) is 6.42 Å². The first kappa shape index (κ1) is 14.9. The second kappa shape index (κ2) is 6.79. The normalized spacial score (nSPS) is 10.3. The van der Waals surface area contributed by atoms with Crippen LogP contribution in [0, 0.1) is 6.92 Å². The van der Waals surface area contributed by atoms with Crippen LogP contribution in [0.1, 0.15) is 23.1 Å². The molecule has 2 aromatic carbocycles. The lowest BCUT2D eigenvalue weighted by Gasteiger charge is -2.11. The molecule has 0 aliphatic carbocycles. The van der Waals surface area contributed by atoms with Gasteiger partial charge in [0.1, 0.15) is 12.4 Å². The first-order valence-corrected chi connectivity index (χ1v) is 6.90. The number of rotatable bonds is 6. The summed E-state index contributed by atoms with van der Waals surface area (Å²) in [5.41, 5.74) is 15.0. The van der Waals surface area contributed by atoms with Crippen LogP contribution in [-0.4, -0.2) is 5.91 Å². The van der Waals surface area contributed by atoms with E-state index in [1.165, 1.54) is 5.56 Å². The molecule has 0 saturated carbocycles. The zero-order chi connectivity index (χ0) is 15.2. The van der Waals surface area contributed by atoms with Gasteiger partial charge in [-0.2, -0.15) is 0 Å². The third-order valence-corrected chi connectivity index (χ3v) is 3.38. The highest BCUT2D eigenvalue weighted by molar-refractivity contribution is 5.74. The highest BCUT2D eigenvalue weighted by Crippen LogP contribution is 2.24. The molecule has 0 aromatic heterocycles. The number of anilines is 1. The van der Waals surface area contributed by atoms with E-state index < -0.39 is 0 Å². The van der Waals surface area contributed by atoms with E-state index in [1.807, 2.05) is 36.4 Å². The molecular weight excluding hydrogens is 264 g/mol. The molecule has 0 aliphatic rings. The quantitative estimate of drug-likeness (QED) is 0.800. The zero-order valence-corrected chi connectivity index (χ0v) is 12.1. The third kappa shape index (κ3) is 4.24. The fourth-order valence-electron chi connectivity index (χ4n) is 2.08. The summed E-state index contributed by atoms with van der Waals surface area (Å²) >= 11 is 0. The SMILES string of the molecule is Cc1ccccc1COc1ccc(CCC(N)=O)cc1N. The smallest absolute Gasteiger partial charge is 0.217 e. The number of carbonyl (C=O) groups excluding carboxylic acids is 1. The van der Waals surface area contributed by atoms with Crippen molar-refractivity contribution in [3.05, 3.63) is 59.2 Å². The van der Waals surface area contributed by atoms with E-state index in [9.17, 15) is 4.79 Å². The van der Waals surface area contributed by atoms with Gasteiger partial charge in [-0.1, -0.05) is 30.3 Å². The number of carbonyl (C=O) groups is 1. The standard InChI is InChI=1S/C17H20N2O2/c1-12-4-2-3-5-14(12)11-21-16-8-6-13(10-15(16)18)7-9-17(19)20/h2-6,8,10H,7,9,11,18H2,1H3,(H2,19,20). The molecule has 110 valence electrons.